The number of aliphatic hydroxyl groups excluding tert-OH is 1. The van der Waals surface area contributed by atoms with E-state index in [1.165, 1.54) is 42.3 Å². The minimum atomic E-state index is -0.940. The molecule has 1 N–H and O–H groups in total. The second-order valence-electron chi connectivity index (χ2n) is 7.55. The summed E-state index contributed by atoms with van der Waals surface area (Å²) in [5.74, 6) is -2.09. The highest BCUT2D eigenvalue weighted by atomic mass is 35.5. The van der Waals surface area contributed by atoms with Crippen LogP contribution < -0.4 is 4.74 Å². The molecule has 1 aliphatic heterocycles. The number of carbonyl (C=O) groups excluding carboxylic acids is 2. The molecule has 170 valence electrons. The van der Waals surface area contributed by atoms with Gasteiger partial charge in [-0.2, -0.15) is 0 Å². The number of hydrogen-bond donors (Lipinski definition) is 1. The number of aryl methyl sites for hydroxylation is 1. The van der Waals surface area contributed by atoms with Crippen molar-refractivity contribution in [2.24, 2.45) is 0 Å². The van der Waals surface area contributed by atoms with Crippen LogP contribution in [-0.2, 0) is 16.1 Å². The average Bonchev–Trinajstić information content (AvgIpc) is 3.41. The lowest BCUT2D eigenvalue weighted by Crippen LogP contribution is -2.31. The quantitative estimate of drug-likeness (QED) is 0.318. The van der Waals surface area contributed by atoms with Gasteiger partial charge in [0.05, 0.1) is 30.1 Å². The van der Waals surface area contributed by atoms with E-state index in [2.05, 4.69) is 4.98 Å². The number of benzene rings is 2. The second kappa shape index (κ2) is 9.46. The third-order valence-corrected chi connectivity index (χ3v) is 5.80. The lowest BCUT2D eigenvalue weighted by molar-refractivity contribution is -0.139. The van der Waals surface area contributed by atoms with E-state index in [4.69, 9.17) is 16.3 Å². The fourth-order valence-electron chi connectivity index (χ4n) is 3.95. The highest BCUT2D eigenvalue weighted by Crippen LogP contribution is 2.40. The van der Waals surface area contributed by atoms with E-state index in [9.17, 15) is 19.1 Å². The van der Waals surface area contributed by atoms with Crippen molar-refractivity contribution in [1.29, 1.82) is 0 Å². The molecule has 2 aromatic carbocycles. The Kier molecular flexibility index (Phi) is 6.46. The summed E-state index contributed by atoms with van der Waals surface area (Å²) in [6.45, 7) is 0.803. The number of methoxy groups -OCH3 is 1. The van der Waals surface area contributed by atoms with E-state index in [0.717, 1.165) is 0 Å². The Morgan fingerprint density at radius 1 is 1.21 bits per heavy atom. The standard InChI is InChI=1S/C24H21ClFN3O4/c1-33-19-7-6-16(13-18(19)25)22(30)20-21(15-4-2-5-17(26)12-15)29(24(32)23(20)31)10-3-9-28-11-8-27-14-28/h2,4-8,11-14,21,30H,3,9-10H2,1H3/b22-20+/t21-/m0/s1. The zero-order valence-electron chi connectivity index (χ0n) is 17.7. The van der Waals surface area contributed by atoms with Crippen LogP contribution in [0.2, 0.25) is 5.02 Å². The Hall–Kier alpha value is -3.65. The van der Waals surface area contributed by atoms with Gasteiger partial charge in [0.1, 0.15) is 17.3 Å². The molecular weight excluding hydrogens is 449 g/mol. The van der Waals surface area contributed by atoms with Crippen LogP contribution >= 0.6 is 11.6 Å². The van der Waals surface area contributed by atoms with Crippen LogP contribution in [0.4, 0.5) is 4.39 Å². The van der Waals surface area contributed by atoms with Gasteiger partial charge < -0.3 is 19.3 Å². The molecule has 4 rings (SSSR count). The molecule has 1 atom stereocenters. The molecule has 0 spiro atoms. The maximum atomic E-state index is 14.1. The smallest absolute Gasteiger partial charge is 0.295 e. The Morgan fingerprint density at radius 2 is 2.03 bits per heavy atom. The number of aromatic nitrogens is 2. The van der Waals surface area contributed by atoms with Crippen molar-refractivity contribution in [3.8, 4) is 5.75 Å². The number of halogens is 2. The number of amides is 1. The van der Waals surface area contributed by atoms with Crippen LogP contribution in [0.5, 0.6) is 5.75 Å². The summed E-state index contributed by atoms with van der Waals surface area (Å²) in [5, 5.41) is 11.3. The van der Waals surface area contributed by atoms with Crippen molar-refractivity contribution >= 4 is 29.1 Å². The van der Waals surface area contributed by atoms with E-state index >= 15 is 0 Å². The Labute approximate surface area is 194 Å². The molecule has 1 aromatic heterocycles. The number of nitrogens with zero attached hydrogens (tertiary/aromatic N) is 3. The number of imidazole rings is 1. The normalized spacial score (nSPS) is 17.5. The molecular formula is C24H21ClFN3O4. The third kappa shape index (κ3) is 4.47. The number of hydrogen-bond acceptors (Lipinski definition) is 5. The SMILES string of the molecule is COc1ccc(/C(O)=C2\C(=O)C(=O)N(CCCn3ccnc3)[C@H]2c2cccc(F)c2)cc1Cl. The van der Waals surface area contributed by atoms with Gasteiger partial charge in [0.2, 0.25) is 0 Å². The zero-order chi connectivity index (χ0) is 23.5. The Bertz CT molecular complexity index is 1230. The largest absolute Gasteiger partial charge is 0.507 e. The topological polar surface area (TPSA) is 84.7 Å². The molecule has 9 heteroatoms. The summed E-state index contributed by atoms with van der Waals surface area (Å²) in [5.41, 5.74) is 0.520. The second-order valence-corrected chi connectivity index (χ2v) is 7.96. The Morgan fingerprint density at radius 3 is 2.70 bits per heavy atom. The maximum Gasteiger partial charge on any atom is 0.295 e. The first-order chi connectivity index (χ1) is 15.9. The molecule has 0 aliphatic carbocycles. The predicted molar refractivity (Wildman–Crippen MR) is 120 cm³/mol. The zero-order valence-corrected chi connectivity index (χ0v) is 18.5. The van der Waals surface area contributed by atoms with Crippen molar-refractivity contribution in [3.63, 3.8) is 0 Å². The first-order valence-electron chi connectivity index (χ1n) is 10.2. The van der Waals surface area contributed by atoms with Gasteiger partial charge in [0.25, 0.3) is 11.7 Å². The van der Waals surface area contributed by atoms with Crippen LogP contribution in [0.25, 0.3) is 5.76 Å². The number of likely N-dealkylation sites (tertiary alicyclic amines) is 1. The lowest BCUT2D eigenvalue weighted by atomic mass is 9.95. The van der Waals surface area contributed by atoms with Gasteiger partial charge in [-0.25, -0.2) is 9.37 Å². The third-order valence-electron chi connectivity index (χ3n) is 5.50. The van der Waals surface area contributed by atoms with Gasteiger partial charge in [-0.3, -0.25) is 9.59 Å². The van der Waals surface area contributed by atoms with E-state index < -0.39 is 23.5 Å². The minimum Gasteiger partial charge on any atom is -0.507 e. The van der Waals surface area contributed by atoms with Crippen molar-refractivity contribution in [3.05, 3.63) is 88.7 Å². The number of aliphatic hydroxyl groups is 1. The molecule has 0 saturated carbocycles. The van der Waals surface area contributed by atoms with Gasteiger partial charge in [-0.05, 0) is 42.3 Å². The Balaban J connectivity index is 1.75. The molecule has 1 amide bonds. The summed E-state index contributed by atoms with van der Waals surface area (Å²) in [6.07, 6.45) is 5.64. The average molecular weight is 470 g/mol. The molecule has 1 fully saturated rings. The first-order valence-corrected chi connectivity index (χ1v) is 10.6. The van der Waals surface area contributed by atoms with Crippen LogP contribution in [0.1, 0.15) is 23.6 Å². The fourth-order valence-corrected chi connectivity index (χ4v) is 4.20. The molecule has 1 saturated heterocycles. The van der Waals surface area contributed by atoms with E-state index in [1.807, 2.05) is 4.57 Å². The molecule has 0 radical (unpaired) electrons. The number of ether oxygens (including phenoxy) is 1. The van der Waals surface area contributed by atoms with Crippen LogP contribution in [0.3, 0.4) is 0 Å². The monoisotopic (exact) mass is 469 g/mol. The highest BCUT2D eigenvalue weighted by Gasteiger charge is 2.45. The van der Waals surface area contributed by atoms with E-state index in [-0.39, 0.29) is 28.5 Å². The van der Waals surface area contributed by atoms with Crippen molar-refractivity contribution in [2.75, 3.05) is 13.7 Å². The molecule has 33 heavy (non-hydrogen) atoms. The van der Waals surface area contributed by atoms with Gasteiger partial charge in [-0.1, -0.05) is 23.7 Å². The molecule has 7 nitrogen and oxygen atoms in total. The van der Waals surface area contributed by atoms with Crippen LogP contribution in [0.15, 0.2) is 66.8 Å². The number of carbonyl (C=O) groups is 2. The van der Waals surface area contributed by atoms with Gasteiger partial charge >= 0.3 is 0 Å². The van der Waals surface area contributed by atoms with Crippen LogP contribution in [-0.4, -0.2) is 44.9 Å². The van der Waals surface area contributed by atoms with Gasteiger partial charge in [0, 0.05) is 31.0 Å². The van der Waals surface area contributed by atoms with Crippen molar-refractivity contribution in [2.45, 2.75) is 19.0 Å². The molecule has 3 aromatic rings. The van der Waals surface area contributed by atoms with E-state index in [1.54, 1.807) is 30.9 Å². The summed E-state index contributed by atoms with van der Waals surface area (Å²) in [4.78, 5) is 31.3. The van der Waals surface area contributed by atoms with Crippen molar-refractivity contribution in [1.82, 2.24) is 14.5 Å². The van der Waals surface area contributed by atoms with Gasteiger partial charge in [-0.15, -0.1) is 0 Å². The summed E-state index contributed by atoms with van der Waals surface area (Å²) < 4.78 is 21.0. The summed E-state index contributed by atoms with van der Waals surface area (Å²) in [7, 11) is 1.46. The van der Waals surface area contributed by atoms with Crippen LogP contribution in [0, 0.1) is 5.82 Å². The maximum absolute atomic E-state index is 14.1. The predicted octanol–water partition coefficient (Wildman–Crippen LogP) is 4.20. The minimum absolute atomic E-state index is 0.116. The molecule has 0 unspecified atom stereocenters. The highest BCUT2D eigenvalue weighted by molar-refractivity contribution is 6.46. The number of ketones is 1. The summed E-state index contributed by atoms with van der Waals surface area (Å²) in [6, 6.07) is 9.25. The fraction of sp³-hybridized carbons (Fsp3) is 0.208. The lowest BCUT2D eigenvalue weighted by Gasteiger charge is -2.25. The van der Waals surface area contributed by atoms with Crippen molar-refractivity contribution < 1.29 is 23.8 Å². The first kappa shape index (κ1) is 22.5. The number of rotatable bonds is 7. The molecule has 0 bridgehead atoms. The van der Waals surface area contributed by atoms with E-state index in [0.29, 0.717) is 24.3 Å². The number of Topliss-reactive ketones (excluding diaryl/α,β-unsaturated/α-hetero) is 1. The molecule has 2 heterocycles. The molecule has 1 aliphatic rings. The summed E-state index contributed by atoms with van der Waals surface area (Å²) >= 11 is 6.19. The van der Waals surface area contributed by atoms with Gasteiger partial charge in [0.15, 0.2) is 0 Å².